The van der Waals surface area contributed by atoms with Crippen molar-refractivity contribution < 1.29 is 8.42 Å². The van der Waals surface area contributed by atoms with Crippen molar-refractivity contribution in [2.45, 2.75) is 11.4 Å². The van der Waals surface area contributed by atoms with Crippen LogP contribution in [0.4, 0.5) is 0 Å². The summed E-state index contributed by atoms with van der Waals surface area (Å²) >= 11 is 0. The Morgan fingerprint density at radius 2 is 1.95 bits per heavy atom. The molecule has 0 radical (unpaired) electrons. The Balaban J connectivity index is 0.00000324. The molecule has 0 unspecified atom stereocenters. The molecule has 8 heteroatoms. The summed E-state index contributed by atoms with van der Waals surface area (Å²) in [4.78, 5) is 4.16. The van der Waals surface area contributed by atoms with E-state index in [-0.39, 0.29) is 28.9 Å². The van der Waals surface area contributed by atoms with E-state index in [0.29, 0.717) is 19.0 Å². The molecule has 1 aromatic rings. The number of hydrogen-bond donors (Lipinski definition) is 3. The first-order valence-electron chi connectivity index (χ1n) is 5.20. The van der Waals surface area contributed by atoms with Gasteiger partial charge in [0.2, 0.25) is 10.0 Å². The van der Waals surface area contributed by atoms with Crippen molar-refractivity contribution in [3.63, 3.8) is 0 Å². The van der Waals surface area contributed by atoms with Crippen LogP contribution < -0.4 is 16.2 Å². The lowest BCUT2D eigenvalue weighted by Crippen LogP contribution is -2.31. The van der Waals surface area contributed by atoms with E-state index < -0.39 is 10.0 Å². The minimum absolute atomic E-state index is 0. The van der Waals surface area contributed by atoms with Crippen LogP contribution in [0.2, 0.25) is 0 Å². The SMILES string of the molecule is C=CCNC(N)=NCc1ccc(S(N)(=O)=O)cc1.I. The van der Waals surface area contributed by atoms with Gasteiger partial charge >= 0.3 is 0 Å². The van der Waals surface area contributed by atoms with E-state index in [0.717, 1.165) is 5.56 Å². The molecule has 0 saturated heterocycles. The van der Waals surface area contributed by atoms with Crippen LogP contribution in [0.3, 0.4) is 0 Å². The summed E-state index contributed by atoms with van der Waals surface area (Å²) in [7, 11) is -3.65. The Labute approximate surface area is 130 Å². The molecule has 0 aromatic heterocycles. The molecule has 0 aliphatic carbocycles. The van der Waals surface area contributed by atoms with Gasteiger partial charge in [0.1, 0.15) is 0 Å². The molecular weight excluding hydrogens is 379 g/mol. The maximum absolute atomic E-state index is 11.0. The second-order valence-electron chi connectivity index (χ2n) is 3.56. The lowest BCUT2D eigenvalue weighted by Gasteiger charge is -2.03. The standard InChI is InChI=1S/C11H16N4O2S.HI/c1-2-7-14-11(12)15-8-9-3-5-10(6-4-9)18(13,16)17;/h2-6H,1,7-8H2,(H3,12,14,15)(H2,13,16,17);1H. The third-order valence-corrected chi connectivity index (χ3v) is 3.04. The predicted molar refractivity (Wildman–Crippen MR) is 86.8 cm³/mol. The van der Waals surface area contributed by atoms with Crippen LogP contribution in [0.1, 0.15) is 5.56 Å². The molecule has 0 heterocycles. The molecule has 0 spiro atoms. The Morgan fingerprint density at radius 1 is 1.37 bits per heavy atom. The molecule has 19 heavy (non-hydrogen) atoms. The Bertz CT molecular complexity index is 540. The third-order valence-electron chi connectivity index (χ3n) is 2.11. The average Bonchev–Trinajstić information content (AvgIpc) is 2.33. The van der Waals surface area contributed by atoms with Crippen molar-refractivity contribution >= 4 is 40.0 Å². The molecule has 1 aromatic carbocycles. The normalized spacial score (nSPS) is 11.5. The summed E-state index contributed by atoms with van der Waals surface area (Å²) in [6.45, 7) is 4.45. The molecule has 0 bridgehead atoms. The zero-order valence-electron chi connectivity index (χ0n) is 10.2. The second-order valence-corrected chi connectivity index (χ2v) is 5.12. The van der Waals surface area contributed by atoms with Gasteiger partial charge in [0.05, 0.1) is 11.4 Å². The van der Waals surface area contributed by atoms with E-state index in [1.54, 1.807) is 18.2 Å². The molecule has 0 atom stereocenters. The number of aliphatic imine (C=N–C) groups is 1. The first-order chi connectivity index (χ1) is 8.43. The van der Waals surface area contributed by atoms with Gasteiger partial charge in [-0.05, 0) is 17.7 Å². The maximum atomic E-state index is 11.0. The molecule has 0 amide bonds. The zero-order valence-corrected chi connectivity index (χ0v) is 13.4. The van der Waals surface area contributed by atoms with E-state index in [1.807, 2.05) is 0 Å². The van der Waals surface area contributed by atoms with E-state index in [2.05, 4.69) is 16.9 Å². The Hall–Kier alpha value is -1.13. The minimum Gasteiger partial charge on any atom is -0.370 e. The number of nitrogens with two attached hydrogens (primary N) is 2. The van der Waals surface area contributed by atoms with E-state index in [1.165, 1.54) is 12.1 Å². The summed E-state index contributed by atoms with van der Waals surface area (Å²) < 4.78 is 22.1. The molecule has 5 N–H and O–H groups in total. The van der Waals surface area contributed by atoms with Gasteiger partial charge in [0.25, 0.3) is 0 Å². The number of hydrogen-bond acceptors (Lipinski definition) is 3. The van der Waals surface area contributed by atoms with Crippen molar-refractivity contribution in [3.05, 3.63) is 42.5 Å². The van der Waals surface area contributed by atoms with E-state index >= 15 is 0 Å². The van der Waals surface area contributed by atoms with Gasteiger partial charge in [0.15, 0.2) is 5.96 Å². The zero-order chi connectivity index (χ0) is 13.6. The highest BCUT2D eigenvalue weighted by atomic mass is 127. The van der Waals surface area contributed by atoms with Crippen molar-refractivity contribution in [2.75, 3.05) is 6.54 Å². The van der Waals surface area contributed by atoms with Crippen molar-refractivity contribution in [1.29, 1.82) is 0 Å². The van der Waals surface area contributed by atoms with Gasteiger partial charge < -0.3 is 11.1 Å². The number of sulfonamides is 1. The monoisotopic (exact) mass is 396 g/mol. The van der Waals surface area contributed by atoms with Crippen LogP contribution in [-0.2, 0) is 16.6 Å². The van der Waals surface area contributed by atoms with Crippen LogP contribution in [0, 0.1) is 0 Å². The maximum Gasteiger partial charge on any atom is 0.238 e. The van der Waals surface area contributed by atoms with Crippen molar-refractivity contribution in [3.8, 4) is 0 Å². The molecule has 6 nitrogen and oxygen atoms in total. The van der Waals surface area contributed by atoms with Crippen molar-refractivity contribution in [1.82, 2.24) is 5.32 Å². The molecule has 0 aliphatic rings. The summed E-state index contributed by atoms with van der Waals surface area (Å²) in [5, 5.41) is 7.82. The van der Waals surface area contributed by atoms with Gasteiger partial charge in [-0.15, -0.1) is 30.6 Å². The molecule has 0 saturated carbocycles. The van der Waals surface area contributed by atoms with Gasteiger partial charge in [-0.1, -0.05) is 18.2 Å². The van der Waals surface area contributed by atoms with Gasteiger partial charge in [0, 0.05) is 6.54 Å². The largest absolute Gasteiger partial charge is 0.370 e. The third kappa shape index (κ3) is 6.55. The number of nitrogens with one attached hydrogen (secondary N) is 1. The highest BCUT2D eigenvalue weighted by Gasteiger charge is 2.06. The lowest BCUT2D eigenvalue weighted by molar-refractivity contribution is 0.598. The summed E-state index contributed by atoms with van der Waals surface area (Å²) in [6.07, 6.45) is 1.67. The number of halogens is 1. The molecular formula is C11H17IN4O2S. The fourth-order valence-electron chi connectivity index (χ4n) is 1.19. The first-order valence-corrected chi connectivity index (χ1v) is 6.74. The van der Waals surface area contributed by atoms with Crippen LogP contribution in [0.15, 0.2) is 46.8 Å². The number of benzene rings is 1. The quantitative estimate of drug-likeness (QED) is 0.292. The van der Waals surface area contributed by atoms with Crippen LogP contribution in [0.5, 0.6) is 0 Å². The smallest absolute Gasteiger partial charge is 0.238 e. The Kier molecular flexibility index (Phi) is 7.64. The van der Waals surface area contributed by atoms with Gasteiger partial charge in [-0.25, -0.2) is 18.5 Å². The van der Waals surface area contributed by atoms with Crippen molar-refractivity contribution in [2.24, 2.45) is 15.9 Å². The number of nitrogens with zero attached hydrogens (tertiary/aromatic N) is 1. The lowest BCUT2D eigenvalue weighted by atomic mass is 10.2. The average molecular weight is 396 g/mol. The number of rotatable bonds is 5. The summed E-state index contributed by atoms with van der Waals surface area (Å²) in [5.74, 6) is 0.311. The Morgan fingerprint density at radius 3 is 2.42 bits per heavy atom. The minimum atomic E-state index is -3.65. The molecule has 0 fully saturated rings. The number of guanidine groups is 1. The van der Waals surface area contributed by atoms with Gasteiger partial charge in [-0.3, -0.25) is 0 Å². The molecule has 0 aliphatic heterocycles. The fraction of sp³-hybridized carbons (Fsp3) is 0.182. The van der Waals surface area contributed by atoms with Gasteiger partial charge in [-0.2, -0.15) is 0 Å². The van der Waals surface area contributed by atoms with Crippen LogP contribution in [-0.4, -0.2) is 20.9 Å². The number of primary sulfonamides is 1. The highest BCUT2D eigenvalue weighted by Crippen LogP contribution is 2.09. The van der Waals surface area contributed by atoms with E-state index in [4.69, 9.17) is 10.9 Å². The summed E-state index contributed by atoms with van der Waals surface area (Å²) in [6, 6.07) is 6.16. The van der Waals surface area contributed by atoms with E-state index in [9.17, 15) is 8.42 Å². The van der Waals surface area contributed by atoms with Crippen LogP contribution >= 0.6 is 24.0 Å². The second kappa shape index (κ2) is 8.12. The predicted octanol–water partition coefficient (Wildman–Crippen LogP) is 0.542. The molecule has 1 rings (SSSR count). The van der Waals surface area contributed by atoms with Crippen LogP contribution in [0.25, 0.3) is 0 Å². The fourth-order valence-corrected chi connectivity index (χ4v) is 1.71. The highest BCUT2D eigenvalue weighted by molar-refractivity contribution is 14.0. The first kappa shape index (κ1) is 17.9. The topological polar surface area (TPSA) is 111 Å². The molecule has 106 valence electrons. The summed E-state index contributed by atoms with van der Waals surface area (Å²) in [5.41, 5.74) is 6.42.